The van der Waals surface area contributed by atoms with Gasteiger partial charge >= 0.3 is 0 Å². The molecule has 0 radical (unpaired) electrons. The first kappa shape index (κ1) is 34.8. The summed E-state index contributed by atoms with van der Waals surface area (Å²) < 4.78 is 2.25. The first-order valence-electron chi connectivity index (χ1n) is 18.6. The van der Waals surface area contributed by atoms with Crippen LogP contribution in [0.5, 0.6) is 0 Å². The number of allylic oxidation sites excluding steroid dienone is 8. The maximum atomic E-state index is 5.33. The van der Waals surface area contributed by atoms with Gasteiger partial charge < -0.3 is 0 Å². The maximum Gasteiger partial charge on any atom is 0.235 e. The fourth-order valence-electron chi connectivity index (χ4n) is 7.19. The lowest BCUT2D eigenvalue weighted by Crippen LogP contribution is -2.04. The molecular formula is C50H41N3S. The summed E-state index contributed by atoms with van der Waals surface area (Å²) >= 11 is 4.75. The predicted molar refractivity (Wildman–Crippen MR) is 234 cm³/mol. The molecule has 0 spiro atoms. The van der Waals surface area contributed by atoms with E-state index in [1.807, 2.05) is 25.1 Å². The molecule has 0 N–H and O–H groups in total. The third kappa shape index (κ3) is 6.96. The first-order chi connectivity index (χ1) is 26.6. The van der Waals surface area contributed by atoms with Crippen LogP contribution in [-0.2, 0) is 0 Å². The number of aromatic nitrogens is 3. The highest BCUT2D eigenvalue weighted by Gasteiger charge is 2.20. The summed E-state index contributed by atoms with van der Waals surface area (Å²) in [6.45, 7) is 4.17. The molecule has 0 unspecified atom stereocenters. The minimum Gasteiger partial charge on any atom is -0.277 e. The van der Waals surface area contributed by atoms with Crippen molar-refractivity contribution in [3.63, 3.8) is 0 Å². The standard InChI is InChI=1S/C50H41N3S/c1-3-5-6-7-9-21-39(34-41(54)4-2)37-23-16-22-36(32-37)38-24-17-25-40(33-38)42-28-18-29-44-43-26-13-15-31-47(43)53(49(42)44)50-51-46-30-14-12-27-45(46)48(52-50)35-19-10-8-11-20-35/h3,5-8,10-34,54H,4,9H2,1-2H3/b5-3-,7-6-,39-21+,41-34+. The minimum absolute atomic E-state index is 0.652. The fraction of sp³-hybridized carbons (Fsp3) is 0.0800. The monoisotopic (exact) mass is 715 g/mol. The van der Waals surface area contributed by atoms with Gasteiger partial charge in [-0.3, -0.25) is 4.57 Å². The average Bonchev–Trinajstić information content (AvgIpc) is 3.58. The smallest absolute Gasteiger partial charge is 0.235 e. The lowest BCUT2D eigenvalue weighted by atomic mass is 9.95. The number of nitrogens with zero attached hydrogens (tertiary/aromatic N) is 3. The van der Waals surface area contributed by atoms with Crippen LogP contribution in [0.25, 0.3) is 77.7 Å². The van der Waals surface area contributed by atoms with Crippen LogP contribution in [0.1, 0.15) is 32.3 Å². The second-order valence-electron chi connectivity index (χ2n) is 13.3. The van der Waals surface area contributed by atoms with E-state index in [0.717, 1.165) is 78.6 Å². The first-order valence-corrected chi connectivity index (χ1v) is 19.0. The third-order valence-electron chi connectivity index (χ3n) is 9.83. The van der Waals surface area contributed by atoms with Crippen molar-refractivity contribution in [2.45, 2.75) is 26.7 Å². The van der Waals surface area contributed by atoms with Gasteiger partial charge in [-0.25, -0.2) is 9.97 Å². The molecule has 0 fully saturated rings. The summed E-state index contributed by atoms with van der Waals surface area (Å²) in [5.74, 6) is 0.652. The van der Waals surface area contributed by atoms with E-state index < -0.39 is 0 Å². The van der Waals surface area contributed by atoms with E-state index in [1.165, 1.54) is 16.5 Å². The molecule has 0 aliphatic rings. The molecule has 0 aliphatic carbocycles. The zero-order valence-corrected chi connectivity index (χ0v) is 31.4. The Hall–Kier alpha value is -6.23. The van der Waals surface area contributed by atoms with E-state index >= 15 is 0 Å². The number of rotatable bonds is 10. The van der Waals surface area contributed by atoms with Crippen molar-refractivity contribution >= 4 is 50.9 Å². The largest absolute Gasteiger partial charge is 0.277 e. The number of hydrogen-bond donors (Lipinski definition) is 1. The van der Waals surface area contributed by atoms with E-state index in [9.17, 15) is 0 Å². The molecule has 0 bridgehead atoms. The summed E-state index contributed by atoms with van der Waals surface area (Å²) in [6.07, 6.45) is 14.6. The van der Waals surface area contributed by atoms with Crippen molar-refractivity contribution in [1.82, 2.24) is 14.5 Å². The molecule has 262 valence electrons. The molecule has 0 saturated heterocycles. The van der Waals surface area contributed by atoms with Crippen molar-refractivity contribution in [2.75, 3.05) is 0 Å². The van der Waals surface area contributed by atoms with Crippen LogP contribution in [0.2, 0.25) is 0 Å². The van der Waals surface area contributed by atoms with Gasteiger partial charge in [-0.2, -0.15) is 0 Å². The van der Waals surface area contributed by atoms with Gasteiger partial charge in [-0.15, -0.1) is 12.6 Å². The van der Waals surface area contributed by atoms with Gasteiger partial charge in [0.1, 0.15) is 0 Å². The Morgan fingerprint density at radius 3 is 2.17 bits per heavy atom. The van der Waals surface area contributed by atoms with E-state index in [-0.39, 0.29) is 0 Å². The highest BCUT2D eigenvalue weighted by atomic mass is 32.1. The van der Waals surface area contributed by atoms with E-state index in [4.69, 9.17) is 22.6 Å². The van der Waals surface area contributed by atoms with Gasteiger partial charge in [-0.1, -0.05) is 159 Å². The lowest BCUT2D eigenvalue weighted by Gasteiger charge is -2.14. The summed E-state index contributed by atoms with van der Waals surface area (Å²) in [6, 6.07) is 51.6. The predicted octanol–water partition coefficient (Wildman–Crippen LogP) is 13.9. The Bertz CT molecular complexity index is 2750. The van der Waals surface area contributed by atoms with Gasteiger partial charge in [0.15, 0.2) is 0 Å². The number of thiol groups is 1. The Kier molecular flexibility index (Phi) is 10.2. The van der Waals surface area contributed by atoms with Crippen molar-refractivity contribution < 1.29 is 0 Å². The molecule has 0 aliphatic heterocycles. The number of para-hydroxylation sites is 3. The second-order valence-corrected chi connectivity index (χ2v) is 13.9. The Morgan fingerprint density at radius 2 is 1.33 bits per heavy atom. The van der Waals surface area contributed by atoms with Gasteiger partial charge in [0.05, 0.1) is 22.2 Å². The van der Waals surface area contributed by atoms with Crippen LogP contribution in [0.4, 0.5) is 0 Å². The van der Waals surface area contributed by atoms with Gasteiger partial charge in [-0.05, 0) is 82.8 Å². The average molecular weight is 716 g/mol. The Balaban J connectivity index is 1.29. The van der Waals surface area contributed by atoms with E-state index in [0.29, 0.717) is 5.95 Å². The molecule has 2 aromatic heterocycles. The van der Waals surface area contributed by atoms with Crippen LogP contribution in [0, 0.1) is 0 Å². The molecule has 54 heavy (non-hydrogen) atoms. The van der Waals surface area contributed by atoms with Crippen molar-refractivity contribution in [2.24, 2.45) is 0 Å². The molecule has 6 aromatic carbocycles. The number of fused-ring (bicyclic) bond motifs is 4. The van der Waals surface area contributed by atoms with Gasteiger partial charge in [0.2, 0.25) is 5.95 Å². The number of benzene rings is 6. The van der Waals surface area contributed by atoms with Crippen LogP contribution in [-0.4, -0.2) is 14.5 Å². The van der Waals surface area contributed by atoms with Gasteiger partial charge in [0.25, 0.3) is 0 Å². The molecule has 4 heteroatoms. The second kappa shape index (κ2) is 15.8. The summed E-state index contributed by atoms with van der Waals surface area (Å²) in [5.41, 5.74) is 12.0. The molecule has 0 amide bonds. The fourth-order valence-corrected chi connectivity index (χ4v) is 7.33. The minimum atomic E-state index is 0.652. The summed E-state index contributed by atoms with van der Waals surface area (Å²) in [5, 5.41) is 3.36. The van der Waals surface area contributed by atoms with Crippen LogP contribution < -0.4 is 0 Å². The van der Waals surface area contributed by atoms with Crippen LogP contribution in [0.15, 0.2) is 187 Å². The maximum absolute atomic E-state index is 5.33. The molecule has 8 aromatic rings. The molecule has 0 atom stereocenters. The zero-order chi connectivity index (χ0) is 36.9. The highest BCUT2D eigenvalue weighted by molar-refractivity contribution is 7.84. The summed E-state index contributed by atoms with van der Waals surface area (Å²) in [7, 11) is 0. The van der Waals surface area contributed by atoms with Crippen molar-refractivity contribution in [3.8, 4) is 39.5 Å². The Labute approximate surface area is 322 Å². The van der Waals surface area contributed by atoms with E-state index in [2.05, 4.69) is 175 Å². The topological polar surface area (TPSA) is 30.7 Å². The van der Waals surface area contributed by atoms with Gasteiger partial charge in [0, 0.05) is 27.3 Å². The Morgan fingerprint density at radius 1 is 0.648 bits per heavy atom. The van der Waals surface area contributed by atoms with Crippen molar-refractivity contribution in [1.29, 1.82) is 0 Å². The molecule has 2 heterocycles. The van der Waals surface area contributed by atoms with Crippen LogP contribution >= 0.6 is 12.6 Å². The normalized spacial score (nSPS) is 12.6. The quantitative estimate of drug-likeness (QED) is 0.113. The molecule has 3 nitrogen and oxygen atoms in total. The third-order valence-corrected chi connectivity index (χ3v) is 10.3. The van der Waals surface area contributed by atoms with Crippen molar-refractivity contribution in [3.05, 3.63) is 193 Å². The molecule has 8 rings (SSSR count). The summed E-state index contributed by atoms with van der Waals surface area (Å²) in [4.78, 5) is 11.6. The highest BCUT2D eigenvalue weighted by Crippen LogP contribution is 2.39. The zero-order valence-electron chi connectivity index (χ0n) is 30.5. The lowest BCUT2D eigenvalue weighted by molar-refractivity contribution is 1.01. The SMILES string of the molecule is C/C=C\C=C/C/C=C(\C=C(\S)CC)c1cccc(-c2cccc(-c3cccc4c5ccccc5n(-c5nc(-c6ccccc6)c6ccccc6n5)c34)c2)c1. The molecule has 0 saturated carbocycles. The van der Waals surface area contributed by atoms with E-state index in [1.54, 1.807) is 0 Å². The molecular weight excluding hydrogens is 675 g/mol. The van der Waals surface area contributed by atoms with Crippen LogP contribution in [0.3, 0.4) is 0 Å². The number of hydrogen-bond acceptors (Lipinski definition) is 3.